The molecule has 0 bridgehead atoms. The van der Waals surface area contributed by atoms with Crippen LogP contribution in [0.15, 0.2) is 12.2 Å². The fraction of sp³-hybridized carbons (Fsp3) is 0.833. The van der Waals surface area contributed by atoms with Gasteiger partial charge in [0, 0.05) is 0 Å². The predicted molar refractivity (Wildman–Crippen MR) is 67.2 cm³/mol. The van der Waals surface area contributed by atoms with Crippen LogP contribution in [0.2, 0.25) is 18.1 Å². The highest BCUT2D eigenvalue weighted by Crippen LogP contribution is 2.21. The molecular weight excluding hydrogens is 188 g/mol. The van der Waals surface area contributed by atoms with Crippen molar-refractivity contribution in [3.63, 3.8) is 0 Å². The van der Waals surface area contributed by atoms with Crippen molar-refractivity contribution in [2.45, 2.75) is 58.7 Å². The Hall–Kier alpha value is -0.0831. The van der Waals surface area contributed by atoms with E-state index in [-0.39, 0.29) is 0 Å². The molecule has 0 rings (SSSR count). The summed E-state index contributed by atoms with van der Waals surface area (Å²) in [6, 6.07) is 3.75. The third kappa shape index (κ3) is 4.96. The van der Waals surface area contributed by atoms with Crippen LogP contribution in [-0.2, 0) is 4.43 Å². The molecule has 0 aliphatic heterocycles. The molecule has 0 fully saturated rings. The van der Waals surface area contributed by atoms with Crippen LogP contribution in [0.5, 0.6) is 0 Å². The van der Waals surface area contributed by atoms with Gasteiger partial charge in [0.25, 0.3) is 0 Å². The third-order valence-electron chi connectivity index (χ3n) is 3.04. The van der Waals surface area contributed by atoms with Gasteiger partial charge in [0.05, 0.1) is 6.61 Å². The lowest BCUT2D eigenvalue weighted by Crippen LogP contribution is -2.35. The highest BCUT2D eigenvalue weighted by molar-refractivity contribution is 6.73. The van der Waals surface area contributed by atoms with Crippen LogP contribution in [-0.4, -0.2) is 14.9 Å². The molecule has 0 unspecified atom stereocenters. The Balaban J connectivity index is 3.82. The van der Waals surface area contributed by atoms with Crippen molar-refractivity contribution in [1.82, 2.24) is 0 Å². The fourth-order valence-electron chi connectivity index (χ4n) is 1.63. The summed E-state index contributed by atoms with van der Waals surface area (Å²) in [7, 11) is -1.33. The molecule has 14 heavy (non-hydrogen) atoms. The van der Waals surface area contributed by atoms with Gasteiger partial charge in [-0.15, -0.1) is 0 Å². The summed E-state index contributed by atoms with van der Waals surface area (Å²) in [5, 5.41) is 0. The van der Waals surface area contributed by atoms with E-state index in [1.54, 1.807) is 0 Å². The second-order valence-corrected chi connectivity index (χ2v) is 8.59. The van der Waals surface area contributed by atoms with E-state index in [1.165, 1.54) is 31.0 Å². The zero-order valence-electron chi connectivity index (χ0n) is 10.3. The highest BCUT2D eigenvalue weighted by Gasteiger charge is 2.27. The first-order chi connectivity index (χ1) is 6.74. The molecule has 0 aromatic carbocycles. The zero-order chi connectivity index (χ0) is 10.9. The van der Waals surface area contributed by atoms with Gasteiger partial charge in [-0.1, -0.05) is 46.3 Å². The molecule has 0 aliphatic rings. The van der Waals surface area contributed by atoms with Crippen molar-refractivity contribution >= 4 is 8.32 Å². The zero-order valence-corrected chi connectivity index (χ0v) is 11.3. The van der Waals surface area contributed by atoms with Crippen LogP contribution in [0.4, 0.5) is 0 Å². The average Bonchev–Trinajstić information content (AvgIpc) is 2.24. The quantitative estimate of drug-likeness (QED) is 0.431. The number of rotatable bonds is 8. The first-order valence-corrected chi connectivity index (χ1v) is 8.56. The van der Waals surface area contributed by atoms with Gasteiger partial charge in [-0.3, -0.25) is 0 Å². The van der Waals surface area contributed by atoms with E-state index in [9.17, 15) is 0 Å². The molecule has 0 N–H and O–H groups in total. The van der Waals surface area contributed by atoms with Crippen LogP contribution < -0.4 is 0 Å². The lowest BCUT2D eigenvalue weighted by Gasteiger charge is -2.27. The Morgan fingerprint density at radius 3 is 1.93 bits per heavy atom. The molecule has 0 saturated carbocycles. The van der Waals surface area contributed by atoms with Crippen LogP contribution >= 0.6 is 0 Å². The van der Waals surface area contributed by atoms with E-state index in [0.29, 0.717) is 0 Å². The lowest BCUT2D eigenvalue weighted by molar-refractivity contribution is 0.342. The number of hydrogen-bond donors (Lipinski definition) is 0. The first kappa shape index (κ1) is 13.9. The van der Waals surface area contributed by atoms with Crippen molar-refractivity contribution in [3.05, 3.63) is 12.2 Å². The Morgan fingerprint density at radius 1 is 0.929 bits per heavy atom. The van der Waals surface area contributed by atoms with Gasteiger partial charge in [-0.2, -0.15) is 0 Å². The Morgan fingerprint density at radius 2 is 1.50 bits per heavy atom. The van der Waals surface area contributed by atoms with Gasteiger partial charge in [0.1, 0.15) is 0 Å². The summed E-state index contributed by atoms with van der Waals surface area (Å²) < 4.78 is 6.08. The number of allylic oxidation sites excluding steroid dienone is 1. The van der Waals surface area contributed by atoms with Crippen LogP contribution in [0.3, 0.4) is 0 Å². The fourth-order valence-corrected chi connectivity index (χ4v) is 4.20. The molecular formula is C12H26OSi. The maximum absolute atomic E-state index is 6.08. The van der Waals surface area contributed by atoms with Gasteiger partial charge in [-0.05, 0) is 24.6 Å². The third-order valence-corrected chi connectivity index (χ3v) is 7.69. The second-order valence-electron chi connectivity index (χ2n) is 3.81. The Kier molecular flexibility index (Phi) is 8.19. The molecule has 0 aromatic heterocycles. The highest BCUT2D eigenvalue weighted by atomic mass is 28.4. The molecule has 0 radical (unpaired) electrons. The van der Waals surface area contributed by atoms with Gasteiger partial charge < -0.3 is 4.43 Å². The summed E-state index contributed by atoms with van der Waals surface area (Å²) in [5.41, 5.74) is 0. The van der Waals surface area contributed by atoms with Crippen molar-refractivity contribution in [2.75, 3.05) is 6.61 Å². The van der Waals surface area contributed by atoms with E-state index in [2.05, 4.69) is 39.8 Å². The molecule has 84 valence electrons. The van der Waals surface area contributed by atoms with E-state index < -0.39 is 8.32 Å². The molecule has 0 aliphatic carbocycles. The molecule has 0 atom stereocenters. The van der Waals surface area contributed by atoms with Gasteiger partial charge in [0.2, 0.25) is 0 Å². The Bertz CT molecular complexity index is 142. The topological polar surface area (TPSA) is 9.23 Å². The molecule has 0 spiro atoms. The standard InChI is InChI=1S/C12H26OSi/c1-5-9-10-11-12-13-14(6-2,7-3)8-4/h10-11H,5-9,12H2,1-4H3/b11-10+. The van der Waals surface area contributed by atoms with E-state index in [0.717, 1.165) is 6.61 Å². The maximum Gasteiger partial charge on any atom is 0.192 e. The largest absolute Gasteiger partial charge is 0.413 e. The minimum absolute atomic E-state index is 0.835. The van der Waals surface area contributed by atoms with Crippen molar-refractivity contribution < 1.29 is 4.43 Å². The summed E-state index contributed by atoms with van der Waals surface area (Å²) in [5.74, 6) is 0. The summed E-state index contributed by atoms with van der Waals surface area (Å²) in [6.07, 6.45) is 6.84. The van der Waals surface area contributed by atoms with Crippen LogP contribution in [0, 0.1) is 0 Å². The number of unbranched alkanes of at least 4 members (excludes halogenated alkanes) is 1. The van der Waals surface area contributed by atoms with Gasteiger partial charge >= 0.3 is 0 Å². The summed E-state index contributed by atoms with van der Waals surface area (Å²) in [4.78, 5) is 0. The molecule has 1 nitrogen and oxygen atoms in total. The smallest absolute Gasteiger partial charge is 0.192 e. The monoisotopic (exact) mass is 214 g/mol. The Labute approximate surface area is 90.7 Å². The predicted octanol–water partition coefficient (Wildman–Crippen LogP) is 4.36. The van der Waals surface area contributed by atoms with Crippen molar-refractivity contribution in [3.8, 4) is 0 Å². The second kappa shape index (κ2) is 8.24. The van der Waals surface area contributed by atoms with Gasteiger partial charge in [-0.25, -0.2) is 0 Å². The molecule has 0 aromatic rings. The minimum atomic E-state index is -1.33. The van der Waals surface area contributed by atoms with Crippen molar-refractivity contribution in [1.29, 1.82) is 0 Å². The molecule has 2 heteroatoms. The van der Waals surface area contributed by atoms with Gasteiger partial charge in [0.15, 0.2) is 8.32 Å². The van der Waals surface area contributed by atoms with E-state index in [1.807, 2.05) is 0 Å². The molecule has 0 heterocycles. The summed E-state index contributed by atoms with van der Waals surface area (Å²) in [6.45, 7) is 9.86. The van der Waals surface area contributed by atoms with E-state index >= 15 is 0 Å². The average molecular weight is 214 g/mol. The molecule has 0 amide bonds. The maximum atomic E-state index is 6.08. The first-order valence-electron chi connectivity index (χ1n) is 6.03. The summed E-state index contributed by atoms with van der Waals surface area (Å²) >= 11 is 0. The minimum Gasteiger partial charge on any atom is -0.413 e. The molecule has 0 saturated heterocycles. The lowest BCUT2D eigenvalue weighted by atomic mass is 10.3. The van der Waals surface area contributed by atoms with Crippen LogP contribution in [0.25, 0.3) is 0 Å². The normalized spacial score (nSPS) is 12.6. The van der Waals surface area contributed by atoms with Crippen LogP contribution in [0.1, 0.15) is 40.5 Å². The van der Waals surface area contributed by atoms with Crippen molar-refractivity contribution in [2.24, 2.45) is 0 Å². The number of hydrogen-bond acceptors (Lipinski definition) is 1. The SMILES string of the molecule is CCC/C=C/CO[Si](CC)(CC)CC. The van der Waals surface area contributed by atoms with E-state index in [4.69, 9.17) is 4.43 Å².